The van der Waals surface area contributed by atoms with Crippen LogP contribution >= 0.6 is 11.8 Å². The lowest BCUT2D eigenvalue weighted by atomic mass is 10.0. The zero-order chi connectivity index (χ0) is 18.1. The summed E-state index contributed by atoms with van der Waals surface area (Å²) in [6.07, 6.45) is 2.60. The van der Waals surface area contributed by atoms with Crippen LogP contribution in [0.15, 0.2) is 24.3 Å². The standard InChI is InChI=1S/C21H27N3OS/c1-15-4-3-5-18-19(14-16(2)22-20(15)18)21(25)24-10-8-23(9-11-24)17-6-12-26-13-7-17/h3-5,14,17H,6-13H2,1-2H3. The van der Waals surface area contributed by atoms with Gasteiger partial charge in [0.15, 0.2) is 0 Å². The van der Waals surface area contributed by atoms with E-state index in [1.165, 1.54) is 24.3 Å². The SMILES string of the molecule is Cc1cc(C(=O)N2CCN(C3CCSCC3)CC2)c2cccc(C)c2n1. The Morgan fingerprint density at radius 2 is 1.85 bits per heavy atom. The fourth-order valence-corrected chi connectivity index (χ4v) is 5.29. The quantitative estimate of drug-likeness (QED) is 0.812. The minimum atomic E-state index is 0.157. The number of hydrogen-bond acceptors (Lipinski definition) is 4. The van der Waals surface area contributed by atoms with Crippen molar-refractivity contribution < 1.29 is 4.79 Å². The maximum Gasteiger partial charge on any atom is 0.254 e. The van der Waals surface area contributed by atoms with Crippen LogP contribution in [0.4, 0.5) is 0 Å². The Morgan fingerprint density at radius 3 is 2.58 bits per heavy atom. The number of carbonyl (C=O) groups excluding carboxylic acids is 1. The Kier molecular flexibility index (Phi) is 5.18. The summed E-state index contributed by atoms with van der Waals surface area (Å²) in [5, 5.41) is 0.979. The summed E-state index contributed by atoms with van der Waals surface area (Å²) < 4.78 is 0. The highest BCUT2D eigenvalue weighted by Crippen LogP contribution is 2.25. The molecule has 0 unspecified atom stereocenters. The van der Waals surface area contributed by atoms with Gasteiger partial charge in [-0.2, -0.15) is 11.8 Å². The Bertz CT molecular complexity index is 808. The first-order chi connectivity index (χ1) is 12.6. The average Bonchev–Trinajstić information content (AvgIpc) is 2.68. The monoisotopic (exact) mass is 369 g/mol. The molecule has 2 fully saturated rings. The summed E-state index contributed by atoms with van der Waals surface area (Å²) in [6.45, 7) is 7.70. The van der Waals surface area contributed by atoms with Crippen LogP contribution < -0.4 is 0 Å². The molecular formula is C21H27N3OS. The highest BCUT2D eigenvalue weighted by atomic mass is 32.2. The summed E-state index contributed by atoms with van der Waals surface area (Å²) in [7, 11) is 0. The number of rotatable bonds is 2. The van der Waals surface area contributed by atoms with Gasteiger partial charge in [0.05, 0.1) is 11.1 Å². The first kappa shape index (κ1) is 17.8. The van der Waals surface area contributed by atoms with Gasteiger partial charge >= 0.3 is 0 Å². The van der Waals surface area contributed by atoms with Crippen molar-refractivity contribution in [3.63, 3.8) is 0 Å². The molecular weight excluding hydrogens is 342 g/mol. The van der Waals surface area contributed by atoms with E-state index in [4.69, 9.17) is 0 Å². The van der Waals surface area contributed by atoms with Crippen LogP contribution in [0.25, 0.3) is 10.9 Å². The molecule has 2 saturated heterocycles. The first-order valence-electron chi connectivity index (χ1n) is 9.61. The second-order valence-electron chi connectivity index (χ2n) is 7.45. The van der Waals surface area contributed by atoms with Gasteiger partial charge in [0.1, 0.15) is 0 Å². The van der Waals surface area contributed by atoms with Crippen molar-refractivity contribution in [3.8, 4) is 0 Å². The van der Waals surface area contributed by atoms with Crippen molar-refractivity contribution in [1.29, 1.82) is 0 Å². The number of fused-ring (bicyclic) bond motifs is 1. The van der Waals surface area contributed by atoms with Gasteiger partial charge in [0.2, 0.25) is 0 Å². The van der Waals surface area contributed by atoms with Crippen molar-refractivity contribution in [2.75, 3.05) is 37.7 Å². The van der Waals surface area contributed by atoms with Crippen molar-refractivity contribution in [2.45, 2.75) is 32.7 Å². The minimum absolute atomic E-state index is 0.157. The molecule has 4 nitrogen and oxygen atoms in total. The molecule has 0 aliphatic carbocycles. The Labute approximate surface area is 160 Å². The Balaban J connectivity index is 1.52. The third kappa shape index (κ3) is 3.47. The molecule has 0 N–H and O–H groups in total. The van der Waals surface area contributed by atoms with Crippen LogP contribution in [-0.4, -0.2) is 64.4 Å². The molecule has 1 aromatic heterocycles. The van der Waals surface area contributed by atoms with Crippen LogP contribution in [-0.2, 0) is 0 Å². The number of aryl methyl sites for hydroxylation is 2. The molecule has 1 amide bonds. The molecule has 2 aromatic rings. The summed E-state index contributed by atoms with van der Waals surface area (Å²) >= 11 is 2.07. The zero-order valence-electron chi connectivity index (χ0n) is 15.7. The van der Waals surface area contributed by atoms with Crippen molar-refractivity contribution in [2.24, 2.45) is 0 Å². The fraction of sp³-hybridized carbons (Fsp3) is 0.524. The third-order valence-electron chi connectivity index (χ3n) is 5.71. The van der Waals surface area contributed by atoms with Crippen LogP contribution in [0.2, 0.25) is 0 Å². The average molecular weight is 370 g/mol. The van der Waals surface area contributed by atoms with E-state index in [1.807, 2.05) is 30.0 Å². The predicted molar refractivity (Wildman–Crippen MR) is 109 cm³/mol. The normalized spacial score (nSPS) is 19.8. The second-order valence-corrected chi connectivity index (χ2v) is 8.68. The number of amides is 1. The highest BCUT2D eigenvalue weighted by molar-refractivity contribution is 7.99. The first-order valence-corrected chi connectivity index (χ1v) is 10.8. The van der Waals surface area contributed by atoms with Crippen LogP contribution in [0, 0.1) is 13.8 Å². The predicted octanol–water partition coefficient (Wildman–Crippen LogP) is 3.51. The molecule has 0 saturated carbocycles. The summed E-state index contributed by atoms with van der Waals surface area (Å²) in [5.74, 6) is 2.72. The van der Waals surface area contributed by atoms with Gasteiger partial charge in [-0.25, -0.2) is 0 Å². The van der Waals surface area contributed by atoms with Crippen molar-refractivity contribution in [3.05, 3.63) is 41.1 Å². The smallest absolute Gasteiger partial charge is 0.254 e. The topological polar surface area (TPSA) is 36.4 Å². The van der Waals surface area contributed by atoms with E-state index in [-0.39, 0.29) is 5.91 Å². The van der Waals surface area contributed by atoms with E-state index >= 15 is 0 Å². The van der Waals surface area contributed by atoms with Gasteiger partial charge in [-0.05, 0) is 49.8 Å². The lowest BCUT2D eigenvalue weighted by Crippen LogP contribution is -2.52. The molecule has 4 rings (SSSR count). The number of benzene rings is 1. The van der Waals surface area contributed by atoms with Gasteiger partial charge in [0.25, 0.3) is 5.91 Å². The van der Waals surface area contributed by atoms with Crippen molar-refractivity contribution in [1.82, 2.24) is 14.8 Å². The molecule has 138 valence electrons. The van der Waals surface area contributed by atoms with Crippen molar-refractivity contribution >= 4 is 28.6 Å². The van der Waals surface area contributed by atoms with Crippen LogP contribution in [0.5, 0.6) is 0 Å². The molecule has 5 heteroatoms. The number of pyridine rings is 1. The summed E-state index contributed by atoms with van der Waals surface area (Å²) in [6, 6.07) is 8.78. The molecule has 0 spiro atoms. The lowest BCUT2D eigenvalue weighted by molar-refractivity contribution is 0.0561. The van der Waals surface area contributed by atoms with Gasteiger partial charge in [0, 0.05) is 43.3 Å². The molecule has 1 aromatic carbocycles. The maximum atomic E-state index is 13.2. The molecule has 0 radical (unpaired) electrons. The number of hydrogen-bond donors (Lipinski definition) is 0. The zero-order valence-corrected chi connectivity index (χ0v) is 16.5. The third-order valence-corrected chi connectivity index (χ3v) is 6.76. The van der Waals surface area contributed by atoms with Crippen LogP contribution in [0.3, 0.4) is 0 Å². The Morgan fingerprint density at radius 1 is 1.12 bits per heavy atom. The molecule has 2 aliphatic heterocycles. The molecule has 3 heterocycles. The van der Waals surface area contributed by atoms with E-state index in [2.05, 4.69) is 34.6 Å². The number of carbonyl (C=O) groups is 1. The highest BCUT2D eigenvalue weighted by Gasteiger charge is 2.28. The Hall–Kier alpha value is -1.59. The lowest BCUT2D eigenvalue weighted by Gasteiger charge is -2.40. The second kappa shape index (κ2) is 7.57. The van der Waals surface area contributed by atoms with E-state index in [9.17, 15) is 4.79 Å². The number of para-hydroxylation sites is 1. The fourth-order valence-electron chi connectivity index (χ4n) is 4.21. The largest absolute Gasteiger partial charge is 0.336 e. The number of aromatic nitrogens is 1. The van der Waals surface area contributed by atoms with E-state index in [0.29, 0.717) is 0 Å². The summed E-state index contributed by atoms with van der Waals surface area (Å²) in [5.41, 5.74) is 3.79. The minimum Gasteiger partial charge on any atom is -0.336 e. The summed E-state index contributed by atoms with van der Waals surface area (Å²) in [4.78, 5) is 22.5. The van der Waals surface area contributed by atoms with Gasteiger partial charge < -0.3 is 4.90 Å². The van der Waals surface area contributed by atoms with Gasteiger partial charge in [-0.1, -0.05) is 18.2 Å². The molecule has 2 aliphatic rings. The van der Waals surface area contributed by atoms with E-state index in [0.717, 1.165) is 59.9 Å². The molecule has 26 heavy (non-hydrogen) atoms. The number of nitrogens with zero attached hydrogens (tertiary/aromatic N) is 3. The molecule has 0 atom stereocenters. The maximum absolute atomic E-state index is 13.2. The van der Waals surface area contributed by atoms with E-state index in [1.54, 1.807) is 0 Å². The number of piperazine rings is 1. The van der Waals surface area contributed by atoms with Gasteiger partial charge in [-0.3, -0.25) is 14.7 Å². The van der Waals surface area contributed by atoms with Gasteiger partial charge in [-0.15, -0.1) is 0 Å². The number of thioether (sulfide) groups is 1. The van der Waals surface area contributed by atoms with Crippen LogP contribution in [0.1, 0.15) is 34.5 Å². The van der Waals surface area contributed by atoms with E-state index < -0.39 is 0 Å². The molecule has 0 bridgehead atoms.